The molecule has 4 atom stereocenters. The van der Waals surface area contributed by atoms with Gasteiger partial charge >= 0.3 is 5.97 Å². The molecule has 1 aliphatic heterocycles. The van der Waals surface area contributed by atoms with Crippen molar-refractivity contribution in [1.82, 2.24) is 15.5 Å². The molecule has 0 saturated carbocycles. The SMILES string of the molecule is CC(C)[C@H](NC(=O)[C@H]1CCCN1C(=O)[C@H](C)NC(=O)[C@H](C)N)C(=O)O. The molecule has 0 spiro atoms. The van der Waals surface area contributed by atoms with Gasteiger partial charge in [-0.2, -0.15) is 0 Å². The van der Waals surface area contributed by atoms with Crippen LogP contribution in [-0.2, 0) is 19.2 Å². The van der Waals surface area contributed by atoms with E-state index in [2.05, 4.69) is 10.6 Å². The number of hydrogen-bond donors (Lipinski definition) is 4. The van der Waals surface area contributed by atoms with Gasteiger partial charge in [-0.1, -0.05) is 13.8 Å². The quantitative estimate of drug-likeness (QED) is 0.463. The molecule has 5 N–H and O–H groups in total. The highest BCUT2D eigenvalue weighted by atomic mass is 16.4. The van der Waals surface area contributed by atoms with Crippen molar-refractivity contribution in [2.45, 2.75) is 64.7 Å². The van der Waals surface area contributed by atoms with E-state index in [0.29, 0.717) is 19.4 Å². The Labute approximate surface area is 147 Å². The van der Waals surface area contributed by atoms with Gasteiger partial charge < -0.3 is 26.4 Å². The number of nitrogens with two attached hydrogens (primary N) is 1. The largest absolute Gasteiger partial charge is 0.480 e. The zero-order valence-corrected chi connectivity index (χ0v) is 15.1. The molecule has 3 amide bonds. The van der Waals surface area contributed by atoms with E-state index in [-0.39, 0.29) is 11.8 Å². The summed E-state index contributed by atoms with van der Waals surface area (Å²) in [6.07, 6.45) is 1.09. The number of nitrogens with zero attached hydrogens (tertiary/aromatic N) is 1. The number of nitrogens with one attached hydrogen (secondary N) is 2. The second-order valence-electron chi connectivity index (χ2n) is 6.78. The van der Waals surface area contributed by atoms with E-state index in [9.17, 15) is 24.3 Å². The van der Waals surface area contributed by atoms with Crippen molar-refractivity contribution in [3.05, 3.63) is 0 Å². The van der Waals surface area contributed by atoms with Crippen molar-refractivity contribution in [1.29, 1.82) is 0 Å². The Morgan fingerprint density at radius 2 is 1.72 bits per heavy atom. The lowest BCUT2D eigenvalue weighted by molar-refractivity contribution is -0.145. The van der Waals surface area contributed by atoms with Crippen molar-refractivity contribution < 1.29 is 24.3 Å². The molecule has 25 heavy (non-hydrogen) atoms. The van der Waals surface area contributed by atoms with Crippen LogP contribution in [0.4, 0.5) is 0 Å². The molecule has 0 radical (unpaired) electrons. The van der Waals surface area contributed by atoms with Crippen LogP contribution >= 0.6 is 0 Å². The average molecular weight is 356 g/mol. The number of carboxylic acids is 1. The maximum atomic E-state index is 12.5. The van der Waals surface area contributed by atoms with E-state index in [4.69, 9.17) is 5.73 Å². The Morgan fingerprint density at radius 1 is 1.12 bits per heavy atom. The van der Waals surface area contributed by atoms with Gasteiger partial charge in [0.05, 0.1) is 6.04 Å². The van der Waals surface area contributed by atoms with Crippen molar-refractivity contribution in [2.24, 2.45) is 11.7 Å². The van der Waals surface area contributed by atoms with Crippen LogP contribution in [0.1, 0.15) is 40.5 Å². The fourth-order valence-corrected chi connectivity index (χ4v) is 2.72. The number of hydrogen-bond acceptors (Lipinski definition) is 5. The number of aliphatic carboxylic acids is 1. The maximum absolute atomic E-state index is 12.5. The van der Waals surface area contributed by atoms with Gasteiger partial charge in [-0.15, -0.1) is 0 Å². The lowest BCUT2D eigenvalue weighted by Crippen LogP contribution is -2.56. The van der Waals surface area contributed by atoms with Crippen LogP contribution in [0.25, 0.3) is 0 Å². The summed E-state index contributed by atoms with van der Waals surface area (Å²) in [4.78, 5) is 49.3. The molecule has 9 nitrogen and oxygen atoms in total. The average Bonchev–Trinajstić information content (AvgIpc) is 3.00. The molecule has 0 aromatic heterocycles. The molecule has 1 saturated heterocycles. The van der Waals surface area contributed by atoms with Crippen LogP contribution in [0.2, 0.25) is 0 Å². The molecule has 0 aliphatic carbocycles. The Balaban J connectivity index is 2.77. The van der Waals surface area contributed by atoms with Crippen LogP contribution in [0.3, 0.4) is 0 Å². The van der Waals surface area contributed by atoms with E-state index in [1.54, 1.807) is 13.8 Å². The van der Waals surface area contributed by atoms with E-state index < -0.39 is 42.0 Å². The van der Waals surface area contributed by atoms with E-state index in [1.807, 2.05) is 0 Å². The van der Waals surface area contributed by atoms with Gasteiger partial charge in [0.25, 0.3) is 0 Å². The minimum absolute atomic E-state index is 0.281. The number of carbonyl (C=O) groups is 4. The zero-order valence-electron chi connectivity index (χ0n) is 15.1. The molecule has 142 valence electrons. The molecule has 1 heterocycles. The summed E-state index contributed by atoms with van der Waals surface area (Å²) in [6, 6.07) is -3.30. The van der Waals surface area contributed by atoms with Gasteiger partial charge in [0.15, 0.2) is 0 Å². The first kappa shape index (κ1) is 20.9. The minimum atomic E-state index is -1.11. The number of carboxylic acid groups (broad SMARTS) is 1. The third-order valence-corrected chi connectivity index (χ3v) is 4.21. The summed E-state index contributed by atoms with van der Waals surface area (Å²) < 4.78 is 0. The van der Waals surface area contributed by atoms with Crippen molar-refractivity contribution in [2.75, 3.05) is 6.54 Å². The molecule has 1 rings (SSSR count). The normalized spacial score (nSPS) is 20.7. The lowest BCUT2D eigenvalue weighted by Gasteiger charge is -2.29. The Kier molecular flexibility index (Phi) is 7.35. The predicted octanol–water partition coefficient (Wildman–Crippen LogP) is -0.945. The highest BCUT2D eigenvalue weighted by Gasteiger charge is 2.38. The third kappa shape index (κ3) is 5.42. The Morgan fingerprint density at radius 3 is 2.20 bits per heavy atom. The fourth-order valence-electron chi connectivity index (χ4n) is 2.72. The zero-order chi connectivity index (χ0) is 19.3. The maximum Gasteiger partial charge on any atom is 0.326 e. The number of amides is 3. The van der Waals surface area contributed by atoms with Gasteiger partial charge in [-0.05, 0) is 32.6 Å². The van der Waals surface area contributed by atoms with Gasteiger partial charge in [-0.3, -0.25) is 14.4 Å². The van der Waals surface area contributed by atoms with Crippen molar-refractivity contribution in [3.63, 3.8) is 0 Å². The summed E-state index contributed by atoms with van der Waals surface area (Å²) in [5.74, 6) is -2.72. The van der Waals surface area contributed by atoms with Crippen LogP contribution in [-0.4, -0.2) is 64.4 Å². The van der Waals surface area contributed by atoms with Crippen LogP contribution < -0.4 is 16.4 Å². The standard InChI is InChI=1S/C16H28N4O5/c1-8(2)12(16(24)25)19-14(22)11-6-5-7-20(11)15(23)10(4)18-13(21)9(3)17/h8-12H,5-7,17H2,1-4H3,(H,18,21)(H,19,22)(H,24,25)/t9-,10-,11+,12-/m0/s1. The molecular weight excluding hydrogens is 328 g/mol. The van der Waals surface area contributed by atoms with E-state index in [1.165, 1.54) is 18.7 Å². The smallest absolute Gasteiger partial charge is 0.326 e. The fraction of sp³-hybridized carbons (Fsp3) is 0.750. The van der Waals surface area contributed by atoms with Crippen LogP contribution in [0, 0.1) is 5.92 Å². The van der Waals surface area contributed by atoms with Crippen molar-refractivity contribution >= 4 is 23.7 Å². The summed E-state index contributed by atoms with van der Waals surface area (Å²) in [5, 5.41) is 14.2. The first-order valence-corrected chi connectivity index (χ1v) is 8.45. The number of carbonyl (C=O) groups excluding carboxylic acids is 3. The van der Waals surface area contributed by atoms with Gasteiger partial charge in [0.2, 0.25) is 17.7 Å². The van der Waals surface area contributed by atoms with Crippen molar-refractivity contribution in [3.8, 4) is 0 Å². The number of likely N-dealkylation sites (tertiary alicyclic amines) is 1. The van der Waals surface area contributed by atoms with Gasteiger partial charge in [-0.25, -0.2) is 4.79 Å². The predicted molar refractivity (Wildman–Crippen MR) is 90.4 cm³/mol. The molecule has 0 aromatic carbocycles. The summed E-state index contributed by atoms with van der Waals surface area (Å²) >= 11 is 0. The monoisotopic (exact) mass is 356 g/mol. The number of rotatable bonds is 7. The Hall–Kier alpha value is -2.16. The molecular formula is C16H28N4O5. The summed E-state index contributed by atoms with van der Waals surface area (Å²) in [5.41, 5.74) is 5.47. The second-order valence-corrected chi connectivity index (χ2v) is 6.78. The second kappa shape index (κ2) is 8.80. The van der Waals surface area contributed by atoms with Gasteiger partial charge in [0, 0.05) is 6.54 Å². The molecule has 0 unspecified atom stereocenters. The molecule has 1 fully saturated rings. The van der Waals surface area contributed by atoms with E-state index >= 15 is 0 Å². The first-order valence-electron chi connectivity index (χ1n) is 8.45. The third-order valence-electron chi connectivity index (χ3n) is 4.21. The summed E-state index contributed by atoms with van der Waals surface area (Å²) in [6.45, 7) is 6.82. The summed E-state index contributed by atoms with van der Waals surface area (Å²) in [7, 11) is 0. The minimum Gasteiger partial charge on any atom is -0.480 e. The topological polar surface area (TPSA) is 142 Å². The highest BCUT2D eigenvalue weighted by Crippen LogP contribution is 2.19. The molecule has 9 heteroatoms. The Bertz CT molecular complexity index is 535. The van der Waals surface area contributed by atoms with Gasteiger partial charge in [0.1, 0.15) is 18.1 Å². The van der Waals surface area contributed by atoms with Crippen LogP contribution in [0.5, 0.6) is 0 Å². The molecule has 0 aromatic rings. The highest BCUT2D eigenvalue weighted by molar-refractivity contribution is 5.94. The first-order chi connectivity index (χ1) is 11.6. The van der Waals surface area contributed by atoms with E-state index in [0.717, 1.165) is 0 Å². The lowest BCUT2D eigenvalue weighted by atomic mass is 10.0. The van der Waals surface area contributed by atoms with Crippen LogP contribution in [0.15, 0.2) is 0 Å². The molecule has 0 bridgehead atoms. The molecule has 1 aliphatic rings.